The van der Waals surface area contributed by atoms with Gasteiger partial charge in [-0.05, 0) is 38.1 Å². The van der Waals surface area contributed by atoms with Crippen molar-refractivity contribution in [3.05, 3.63) is 46.5 Å². The first-order valence-corrected chi connectivity index (χ1v) is 6.71. The molecule has 0 bridgehead atoms. The van der Waals surface area contributed by atoms with Crippen LogP contribution in [0.25, 0.3) is 11.0 Å². The van der Waals surface area contributed by atoms with Crippen LogP contribution >= 0.6 is 11.3 Å². The molecule has 0 saturated heterocycles. The molecule has 0 spiro atoms. The first kappa shape index (κ1) is 11.3. The quantitative estimate of drug-likeness (QED) is 0.758. The molecule has 0 amide bonds. The van der Waals surface area contributed by atoms with E-state index in [0.29, 0.717) is 0 Å². The highest BCUT2D eigenvalue weighted by Crippen LogP contribution is 2.28. The number of fused-ring (bicyclic) bond motifs is 1. The molecule has 18 heavy (non-hydrogen) atoms. The molecule has 0 aliphatic heterocycles. The standard InChI is InChI=1S/C14H14N2OS/c1-9-3-4-13(18-9)10(2)16-14-11-6-8-17-12(11)5-7-15-14/h3-8,10H,1-2H3,(H,15,16). The zero-order chi connectivity index (χ0) is 12.5. The summed E-state index contributed by atoms with van der Waals surface area (Å²) in [6, 6.07) is 8.37. The second kappa shape index (κ2) is 4.46. The molecule has 0 aliphatic carbocycles. The Morgan fingerprint density at radius 1 is 1.28 bits per heavy atom. The molecule has 3 aromatic heterocycles. The summed E-state index contributed by atoms with van der Waals surface area (Å²) in [6.07, 6.45) is 3.46. The summed E-state index contributed by atoms with van der Waals surface area (Å²) >= 11 is 1.81. The second-order valence-electron chi connectivity index (χ2n) is 4.31. The number of nitrogens with zero attached hydrogens (tertiary/aromatic N) is 1. The summed E-state index contributed by atoms with van der Waals surface area (Å²) in [5.41, 5.74) is 0.863. The van der Waals surface area contributed by atoms with Gasteiger partial charge in [0.2, 0.25) is 0 Å². The summed E-state index contributed by atoms with van der Waals surface area (Å²) in [4.78, 5) is 7.03. The lowest BCUT2D eigenvalue weighted by Gasteiger charge is -2.13. The molecule has 0 aromatic carbocycles. The topological polar surface area (TPSA) is 38.1 Å². The zero-order valence-corrected chi connectivity index (χ0v) is 11.1. The molecule has 3 nitrogen and oxygen atoms in total. The van der Waals surface area contributed by atoms with Crippen LogP contribution in [0, 0.1) is 6.92 Å². The van der Waals surface area contributed by atoms with E-state index in [9.17, 15) is 0 Å². The van der Waals surface area contributed by atoms with E-state index in [4.69, 9.17) is 4.42 Å². The lowest BCUT2D eigenvalue weighted by atomic mass is 10.2. The van der Waals surface area contributed by atoms with Gasteiger partial charge >= 0.3 is 0 Å². The van der Waals surface area contributed by atoms with Gasteiger partial charge in [-0.15, -0.1) is 11.3 Å². The first-order chi connectivity index (χ1) is 8.74. The Labute approximate surface area is 109 Å². The largest absolute Gasteiger partial charge is 0.464 e. The minimum absolute atomic E-state index is 0.247. The molecular weight excluding hydrogens is 244 g/mol. The molecule has 0 aliphatic rings. The van der Waals surface area contributed by atoms with Gasteiger partial charge in [-0.25, -0.2) is 4.98 Å². The van der Waals surface area contributed by atoms with Crippen LogP contribution in [0.15, 0.2) is 41.1 Å². The van der Waals surface area contributed by atoms with Crippen molar-refractivity contribution >= 4 is 28.1 Å². The number of hydrogen-bond acceptors (Lipinski definition) is 4. The average Bonchev–Trinajstić information content (AvgIpc) is 2.97. The van der Waals surface area contributed by atoms with Gasteiger partial charge in [0, 0.05) is 16.0 Å². The maximum atomic E-state index is 5.37. The Hall–Kier alpha value is -1.81. The van der Waals surface area contributed by atoms with Crippen LogP contribution in [0.1, 0.15) is 22.7 Å². The molecule has 1 N–H and O–H groups in total. The summed E-state index contributed by atoms with van der Waals surface area (Å²) < 4.78 is 5.37. The number of rotatable bonds is 3. The molecule has 3 aromatic rings. The van der Waals surface area contributed by atoms with E-state index in [0.717, 1.165) is 16.8 Å². The number of thiophene rings is 1. The average molecular weight is 258 g/mol. The van der Waals surface area contributed by atoms with Gasteiger partial charge in [-0.3, -0.25) is 0 Å². The van der Waals surface area contributed by atoms with Crippen LogP contribution in [-0.2, 0) is 0 Å². The van der Waals surface area contributed by atoms with Crippen LogP contribution < -0.4 is 5.32 Å². The molecule has 0 fully saturated rings. The monoisotopic (exact) mass is 258 g/mol. The van der Waals surface area contributed by atoms with Gasteiger partial charge in [0.25, 0.3) is 0 Å². The van der Waals surface area contributed by atoms with E-state index in [1.165, 1.54) is 9.75 Å². The predicted octanol–water partition coefficient (Wildman–Crippen LogP) is 4.37. The summed E-state index contributed by atoms with van der Waals surface area (Å²) in [5, 5.41) is 4.47. The van der Waals surface area contributed by atoms with Crippen LogP contribution in [0.2, 0.25) is 0 Å². The Balaban J connectivity index is 1.90. The van der Waals surface area contributed by atoms with E-state index in [1.807, 2.05) is 23.5 Å². The number of anilines is 1. The zero-order valence-electron chi connectivity index (χ0n) is 10.3. The predicted molar refractivity (Wildman–Crippen MR) is 75.1 cm³/mol. The molecule has 3 heterocycles. The maximum absolute atomic E-state index is 5.37. The van der Waals surface area contributed by atoms with Crippen molar-refractivity contribution in [1.82, 2.24) is 4.98 Å². The van der Waals surface area contributed by atoms with Gasteiger partial charge < -0.3 is 9.73 Å². The van der Waals surface area contributed by atoms with E-state index < -0.39 is 0 Å². The minimum atomic E-state index is 0.247. The normalized spacial score (nSPS) is 12.8. The third-order valence-electron chi connectivity index (χ3n) is 2.92. The summed E-state index contributed by atoms with van der Waals surface area (Å²) in [6.45, 7) is 4.27. The van der Waals surface area contributed by atoms with Gasteiger partial charge in [0.15, 0.2) is 0 Å². The molecule has 3 rings (SSSR count). The highest BCUT2D eigenvalue weighted by Gasteiger charge is 2.11. The summed E-state index contributed by atoms with van der Waals surface area (Å²) in [5.74, 6) is 0.875. The Bertz CT molecular complexity index is 671. The number of aromatic nitrogens is 1. The van der Waals surface area contributed by atoms with Gasteiger partial charge in [-0.1, -0.05) is 0 Å². The van der Waals surface area contributed by atoms with Gasteiger partial charge in [-0.2, -0.15) is 0 Å². The van der Waals surface area contributed by atoms with Crippen molar-refractivity contribution in [2.45, 2.75) is 19.9 Å². The number of pyridine rings is 1. The van der Waals surface area contributed by atoms with Crippen molar-refractivity contribution in [2.24, 2.45) is 0 Å². The third-order valence-corrected chi connectivity index (χ3v) is 4.10. The lowest BCUT2D eigenvalue weighted by Crippen LogP contribution is -2.06. The van der Waals surface area contributed by atoms with Crippen molar-refractivity contribution in [3.63, 3.8) is 0 Å². The van der Waals surface area contributed by atoms with Crippen molar-refractivity contribution in [1.29, 1.82) is 0 Å². The van der Waals surface area contributed by atoms with Crippen LogP contribution in [-0.4, -0.2) is 4.98 Å². The summed E-state index contributed by atoms with van der Waals surface area (Å²) in [7, 11) is 0. The van der Waals surface area contributed by atoms with Crippen molar-refractivity contribution in [2.75, 3.05) is 5.32 Å². The van der Waals surface area contributed by atoms with Gasteiger partial charge in [0.05, 0.1) is 17.7 Å². The lowest BCUT2D eigenvalue weighted by molar-refractivity contribution is 0.615. The maximum Gasteiger partial charge on any atom is 0.139 e. The molecular formula is C14H14N2OS. The van der Waals surface area contributed by atoms with Crippen molar-refractivity contribution in [3.8, 4) is 0 Å². The SMILES string of the molecule is Cc1ccc(C(C)Nc2nccc3occc23)s1. The number of aryl methyl sites for hydroxylation is 1. The Morgan fingerprint density at radius 2 is 2.17 bits per heavy atom. The fourth-order valence-corrected chi connectivity index (χ4v) is 2.85. The molecule has 0 saturated carbocycles. The fourth-order valence-electron chi connectivity index (χ4n) is 1.97. The van der Waals surface area contributed by atoms with Crippen LogP contribution in [0.4, 0.5) is 5.82 Å². The molecule has 92 valence electrons. The third kappa shape index (κ3) is 1.99. The van der Waals surface area contributed by atoms with Crippen LogP contribution in [0.5, 0.6) is 0 Å². The number of furan rings is 1. The van der Waals surface area contributed by atoms with E-state index in [1.54, 1.807) is 12.5 Å². The number of nitrogens with one attached hydrogen (secondary N) is 1. The number of hydrogen-bond donors (Lipinski definition) is 1. The molecule has 1 unspecified atom stereocenters. The molecule has 1 atom stereocenters. The second-order valence-corrected chi connectivity index (χ2v) is 5.63. The highest BCUT2D eigenvalue weighted by molar-refractivity contribution is 7.12. The van der Waals surface area contributed by atoms with E-state index in [-0.39, 0.29) is 6.04 Å². The molecule has 0 radical (unpaired) electrons. The first-order valence-electron chi connectivity index (χ1n) is 5.89. The van der Waals surface area contributed by atoms with E-state index in [2.05, 4.69) is 36.3 Å². The smallest absolute Gasteiger partial charge is 0.139 e. The minimum Gasteiger partial charge on any atom is -0.464 e. The van der Waals surface area contributed by atoms with Gasteiger partial charge in [0.1, 0.15) is 11.4 Å². The Morgan fingerprint density at radius 3 is 2.94 bits per heavy atom. The molecule has 4 heteroatoms. The Kier molecular flexibility index (Phi) is 2.80. The van der Waals surface area contributed by atoms with Crippen LogP contribution in [0.3, 0.4) is 0 Å². The van der Waals surface area contributed by atoms with Crippen molar-refractivity contribution < 1.29 is 4.42 Å². The fraction of sp³-hybridized carbons (Fsp3) is 0.214. The highest BCUT2D eigenvalue weighted by atomic mass is 32.1. The van der Waals surface area contributed by atoms with E-state index >= 15 is 0 Å².